The molecule has 0 spiro atoms. The van der Waals surface area contributed by atoms with Crippen LogP contribution in [0.2, 0.25) is 0 Å². The molecule has 0 radical (unpaired) electrons. The van der Waals surface area contributed by atoms with Crippen LogP contribution < -0.4 is 4.90 Å². The summed E-state index contributed by atoms with van der Waals surface area (Å²) in [6.45, 7) is 2.67. The molecule has 2 aliphatic heterocycles. The number of anilines is 1. The third-order valence-corrected chi connectivity index (χ3v) is 9.95. The molecule has 2 saturated heterocycles. The predicted octanol–water partition coefficient (Wildman–Crippen LogP) is 3.10. The van der Waals surface area contributed by atoms with E-state index in [-0.39, 0.29) is 18.2 Å². The summed E-state index contributed by atoms with van der Waals surface area (Å²) in [5.41, 5.74) is -0.0974. The summed E-state index contributed by atoms with van der Waals surface area (Å²) in [6.07, 6.45) is -1.99. The van der Waals surface area contributed by atoms with Crippen molar-refractivity contribution in [2.45, 2.75) is 37.5 Å². The predicted molar refractivity (Wildman–Crippen MR) is 145 cm³/mol. The number of carbonyl (C=O) groups excluding carboxylic acids is 3. The van der Waals surface area contributed by atoms with Crippen LogP contribution in [0.1, 0.15) is 31.1 Å². The van der Waals surface area contributed by atoms with Crippen LogP contribution in [0.25, 0.3) is 0 Å². The van der Waals surface area contributed by atoms with Crippen molar-refractivity contribution in [3.8, 4) is 0 Å². The number of fused-ring (bicyclic) bond motifs is 1. The molecule has 1 aromatic heterocycles. The summed E-state index contributed by atoms with van der Waals surface area (Å²) in [4.78, 5) is 42.4. The lowest BCUT2D eigenvalue weighted by atomic mass is 9.82. The minimum Gasteiger partial charge on any atom is -0.615 e. The average molecular weight is 553 g/mol. The third kappa shape index (κ3) is 4.51. The third-order valence-electron chi connectivity index (χ3n) is 7.23. The second-order valence-corrected chi connectivity index (χ2v) is 12.1. The molecule has 3 heterocycles. The van der Waals surface area contributed by atoms with Gasteiger partial charge in [-0.25, -0.2) is 0 Å². The highest BCUT2D eigenvalue weighted by atomic mass is 32.2. The fraction of sp³-hybridized carbons (Fsp3) is 0.321. The SMILES string of the molecule is CC(=O)N(c1cccs1)C1C(=O)N2CC(C(=O)OC(c3ccccc3)c3ccccc3)(C(C)O)C[S+]([O-])[C@H]12. The van der Waals surface area contributed by atoms with Gasteiger partial charge in [0.05, 0.1) is 11.1 Å². The van der Waals surface area contributed by atoms with Crippen molar-refractivity contribution in [2.24, 2.45) is 5.41 Å². The maximum Gasteiger partial charge on any atom is 0.322 e. The van der Waals surface area contributed by atoms with Crippen LogP contribution in [0.4, 0.5) is 5.00 Å². The Labute approximate surface area is 228 Å². The molecule has 3 aromatic rings. The van der Waals surface area contributed by atoms with Gasteiger partial charge < -0.3 is 14.4 Å². The number of thiophene rings is 1. The first-order valence-corrected chi connectivity index (χ1v) is 14.5. The van der Waals surface area contributed by atoms with Crippen LogP contribution in [-0.2, 0) is 30.3 Å². The lowest BCUT2D eigenvalue weighted by Gasteiger charge is -2.56. The Balaban J connectivity index is 1.43. The van der Waals surface area contributed by atoms with E-state index in [1.165, 1.54) is 35.0 Å². The van der Waals surface area contributed by atoms with Crippen molar-refractivity contribution in [3.05, 3.63) is 89.3 Å². The molecule has 2 fully saturated rings. The number of hydrogen-bond donors (Lipinski definition) is 1. The van der Waals surface area contributed by atoms with Crippen LogP contribution in [-0.4, -0.2) is 62.2 Å². The zero-order valence-electron chi connectivity index (χ0n) is 20.9. The van der Waals surface area contributed by atoms with Crippen LogP contribution >= 0.6 is 11.3 Å². The van der Waals surface area contributed by atoms with Crippen LogP contribution in [0.15, 0.2) is 78.2 Å². The zero-order chi connectivity index (χ0) is 27.0. The Morgan fingerprint density at radius 1 is 1.11 bits per heavy atom. The number of amides is 2. The molecule has 2 amide bonds. The lowest BCUT2D eigenvalue weighted by Crippen LogP contribution is -2.79. The van der Waals surface area contributed by atoms with E-state index >= 15 is 0 Å². The number of benzene rings is 2. The van der Waals surface area contributed by atoms with Gasteiger partial charge in [-0.3, -0.25) is 24.2 Å². The van der Waals surface area contributed by atoms with Gasteiger partial charge in [-0.05, 0) is 46.7 Å². The molecule has 8 nitrogen and oxygen atoms in total. The fourth-order valence-corrected chi connectivity index (χ4v) is 8.06. The molecule has 5 atom stereocenters. The van der Waals surface area contributed by atoms with Gasteiger partial charge in [0, 0.05) is 13.5 Å². The van der Waals surface area contributed by atoms with Gasteiger partial charge in [0.15, 0.2) is 17.6 Å². The number of rotatable bonds is 7. The van der Waals surface area contributed by atoms with Crippen molar-refractivity contribution < 1.29 is 28.8 Å². The molecule has 198 valence electrons. The van der Waals surface area contributed by atoms with E-state index in [1.807, 2.05) is 60.7 Å². The van der Waals surface area contributed by atoms with E-state index < -0.39 is 52.1 Å². The summed E-state index contributed by atoms with van der Waals surface area (Å²) < 4.78 is 19.7. The number of esters is 1. The van der Waals surface area contributed by atoms with E-state index in [2.05, 4.69) is 0 Å². The van der Waals surface area contributed by atoms with Crippen molar-refractivity contribution in [2.75, 3.05) is 17.2 Å². The molecule has 2 aliphatic rings. The second kappa shape index (κ2) is 10.5. The Morgan fingerprint density at radius 2 is 1.71 bits per heavy atom. The maximum absolute atomic E-state index is 13.8. The molecule has 5 rings (SSSR count). The maximum atomic E-state index is 13.8. The van der Waals surface area contributed by atoms with Crippen LogP contribution in [0.3, 0.4) is 0 Å². The van der Waals surface area contributed by atoms with E-state index in [4.69, 9.17) is 4.74 Å². The van der Waals surface area contributed by atoms with Gasteiger partial charge in [0.1, 0.15) is 5.75 Å². The van der Waals surface area contributed by atoms with Crippen molar-refractivity contribution >= 4 is 45.3 Å². The minimum atomic E-state index is -1.74. The molecule has 0 aliphatic carbocycles. The Morgan fingerprint density at radius 3 is 2.21 bits per heavy atom. The first-order chi connectivity index (χ1) is 18.2. The minimum absolute atomic E-state index is 0.151. The van der Waals surface area contributed by atoms with Gasteiger partial charge in [0.25, 0.3) is 5.91 Å². The summed E-state index contributed by atoms with van der Waals surface area (Å²) in [5, 5.41) is 12.5. The molecule has 4 unspecified atom stereocenters. The van der Waals surface area contributed by atoms with Gasteiger partial charge in [-0.15, -0.1) is 11.3 Å². The monoisotopic (exact) mass is 552 g/mol. The van der Waals surface area contributed by atoms with E-state index in [1.54, 1.807) is 17.5 Å². The summed E-state index contributed by atoms with van der Waals surface area (Å²) in [6, 6.07) is 21.1. The first kappa shape index (κ1) is 26.4. The van der Waals surface area contributed by atoms with Gasteiger partial charge in [-0.2, -0.15) is 0 Å². The Kier molecular flexibility index (Phi) is 7.32. The fourth-order valence-electron chi connectivity index (χ4n) is 5.14. The summed E-state index contributed by atoms with van der Waals surface area (Å²) in [7, 11) is 0. The Hall–Kier alpha value is -3.18. The second-order valence-electron chi connectivity index (χ2n) is 9.61. The molecule has 0 saturated carbocycles. The number of carbonyl (C=O) groups is 3. The van der Waals surface area contributed by atoms with E-state index in [9.17, 15) is 24.0 Å². The molecule has 38 heavy (non-hydrogen) atoms. The molecular formula is C28H28N2O6S2. The van der Waals surface area contributed by atoms with Crippen molar-refractivity contribution in [1.82, 2.24) is 4.90 Å². The number of aliphatic hydroxyl groups excluding tert-OH is 1. The number of β-lactam (4-membered cyclic amide) rings is 1. The van der Waals surface area contributed by atoms with E-state index in [0.717, 1.165) is 11.1 Å². The number of nitrogens with zero attached hydrogens (tertiary/aromatic N) is 2. The molecule has 1 N–H and O–H groups in total. The highest BCUT2D eigenvalue weighted by molar-refractivity contribution is 7.92. The number of aliphatic hydroxyl groups is 1. The highest BCUT2D eigenvalue weighted by Gasteiger charge is 2.67. The normalized spacial score (nSPS) is 25.3. The zero-order valence-corrected chi connectivity index (χ0v) is 22.6. The topological polar surface area (TPSA) is 110 Å². The van der Waals surface area contributed by atoms with E-state index in [0.29, 0.717) is 5.00 Å². The standard InChI is InChI=1S/C28H28N2O6S2/c1-18(31)28(27(34)36-24(20-10-5-3-6-11-20)21-12-7-4-8-13-21)16-29-25(33)23(26(29)38(35)17-28)30(19(2)32)22-14-9-15-37-22/h3-15,18,23-24,26,31H,16-17H2,1-2H3/t18?,23?,26-,28?,38?/m1/s1. The molecule has 10 heteroatoms. The quantitative estimate of drug-likeness (QED) is 0.274. The van der Waals surface area contributed by atoms with Crippen molar-refractivity contribution in [1.29, 1.82) is 0 Å². The molecule has 0 bridgehead atoms. The summed E-state index contributed by atoms with van der Waals surface area (Å²) in [5.74, 6) is -1.66. The van der Waals surface area contributed by atoms with Crippen LogP contribution in [0, 0.1) is 5.41 Å². The largest absolute Gasteiger partial charge is 0.615 e. The molecular weight excluding hydrogens is 524 g/mol. The van der Waals surface area contributed by atoms with Gasteiger partial charge >= 0.3 is 5.97 Å². The van der Waals surface area contributed by atoms with Crippen LogP contribution in [0.5, 0.6) is 0 Å². The lowest BCUT2D eigenvalue weighted by molar-refractivity contribution is -0.172. The Bertz CT molecular complexity index is 1260. The number of hydrogen-bond acceptors (Lipinski definition) is 7. The highest BCUT2D eigenvalue weighted by Crippen LogP contribution is 2.45. The number of ether oxygens (including phenoxy) is 1. The van der Waals surface area contributed by atoms with Crippen molar-refractivity contribution in [3.63, 3.8) is 0 Å². The first-order valence-electron chi connectivity index (χ1n) is 12.2. The average Bonchev–Trinajstić information content (AvgIpc) is 3.45. The molecule has 2 aromatic carbocycles. The van der Waals surface area contributed by atoms with Gasteiger partial charge in [-0.1, -0.05) is 60.7 Å². The van der Waals surface area contributed by atoms with Gasteiger partial charge in [0.2, 0.25) is 11.3 Å². The summed E-state index contributed by atoms with van der Waals surface area (Å²) >= 11 is -0.424. The smallest absolute Gasteiger partial charge is 0.322 e.